The molecule has 17 heavy (non-hydrogen) atoms. The van der Waals surface area contributed by atoms with Crippen LogP contribution in [0.5, 0.6) is 11.5 Å². The number of carbonyl (C=O) groups is 1. The van der Waals surface area contributed by atoms with Gasteiger partial charge >= 0.3 is 6.16 Å². The molecule has 0 spiro atoms. The van der Waals surface area contributed by atoms with E-state index < -0.39 is 6.16 Å². The van der Waals surface area contributed by atoms with E-state index in [9.17, 15) is 9.90 Å². The lowest BCUT2D eigenvalue weighted by atomic mass is 10.2. The Balaban J connectivity index is 2.24. The van der Waals surface area contributed by atoms with Gasteiger partial charge in [0.25, 0.3) is 0 Å². The zero-order valence-electron chi connectivity index (χ0n) is 8.84. The first-order valence-corrected chi connectivity index (χ1v) is 5.18. The average Bonchev–Trinajstić information content (AvgIpc) is 2.35. The second-order valence-electron chi connectivity index (χ2n) is 3.67. The lowest BCUT2D eigenvalue weighted by molar-refractivity contribution is -0.286. The van der Waals surface area contributed by atoms with Crippen molar-refractivity contribution in [2.45, 2.75) is 0 Å². The minimum Gasteiger partial charge on any atom is -0.504 e. The second-order valence-corrected chi connectivity index (χ2v) is 3.67. The number of carbonyl (C=O) groups excluding carboxylic acids is 1. The number of hydrogen-bond donors (Lipinski definition) is 1. The van der Waals surface area contributed by atoms with E-state index in [0.717, 1.165) is 11.4 Å². The Kier molecular flexibility index (Phi) is 2.01. The van der Waals surface area contributed by atoms with E-state index in [1.807, 2.05) is 24.3 Å². The Morgan fingerprint density at radius 1 is 0.941 bits per heavy atom. The van der Waals surface area contributed by atoms with Crippen LogP contribution in [0.3, 0.4) is 0 Å². The van der Waals surface area contributed by atoms with Crippen LogP contribution in [0, 0.1) is 0 Å². The van der Waals surface area contributed by atoms with Gasteiger partial charge in [0.1, 0.15) is 11.5 Å². The van der Waals surface area contributed by atoms with Gasteiger partial charge < -0.3 is 9.68 Å². The van der Waals surface area contributed by atoms with Crippen LogP contribution in [0.1, 0.15) is 0 Å². The third-order valence-corrected chi connectivity index (χ3v) is 2.65. The molecule has 2 aromatic rings. The van der Waals surface area contributed by atoms with E-state index in [0.29, 0.717) is 11.5 Å². The highest BCUT2D eigenvalue weighted by atomic mass is 16.8. The van der Waals surface area contributed by atoms with Gasteiger partial charge in [0.2, 0.25) is 0 Å². The molecule has 0 saturated heterocycles. The summed E-state index contributed by atoms with van der Waals surface area (Å²) in [7, 11) is 0. The number of rotatable bonds is 0. The first kappa shape index (κ1) is 9.72. The highest BCUT2D eigenvalue weighted by Crippen LogP contribution is 2.45. The Labute approximate surface area is 97.8 Å². The van der Waals surface area contributed by atoms with Gasteiger partial charge in [-0.05, 0) is 24.3 Å². The number of anilines is 2. The number of fused-ring (bicyclic) bond motifs is 2. The Hall–Kier alpha value is -2.49. The standard InChI is InChI=1S/C13H9NO3/c15-13(16)17-11-7-3-1-5-9(11)14-10-6-2-4-8-12(10)17/h1-8,14H. The Bertz CT molecular complexity index is 549. The van der Waals surface area contributed by atoms with Crippen molar-refractivity contribution in [1.82, 2.24) is 0 Å². The maximum Gasteiger partial charge on any atom is 0.526 e. The molecule has 0 radical (unpaired) electrons. The zero-order chi connectivity index (χ0) is 11.8. The van der Waals surface area contributed by atoms with E-state index >= 15 is 0 Å². The van der Waals surface area contributed by atoms with Crippen molar-refractivity contribution >= 4 is 17.5 Å². The molecule has 1 aliphatic rings. The molecule has 1 N–H and O–H groups in total. The molecule has 0 saturated carbocycles. The quantitative estimate of drug-likeness (QED) is 0.427. The number of benzene rings is 2. The van der Waals surface area contributed by atoms with Gasteiger partial charge in [-0.25, -0.2) is 9.90 Å². The van der Waals surface area contributed by atoms with Gasteiger partial charge in [0.05, 0.1) is 11.4 Å². The molecule has 0 aliphatic carbocycles. The molecule has 0 bridgehead atoms. The van der Waals surface area contributed by atoms with Gasteiger partial charge in [-0.2, -0.15) is 0 Å². The summed E-state index contributed by atoms with van der Waals surface area (Å²) in [5.41, 5.74) is 1.45. The van der Waals surface area contributed by atoms with Crippen molar-refractivity contribution in [3.05, 3.63) is 48.5 Å². The molecule has 0 amide bonds. The van der Waals surface area contributed by atoms with Crippen LogP contribution in [-0.2, 0) is 0 Å². The molecule has 1 aliphatic heterocycles. The molecule has 0 unspecified atom stereocenters. The minimum atomic E-state index is -1.31. The molecule has 0 atom stereocenters. The fourth-order valence-electron chi connectivity index (χ4n) is 1.94. The molecular formula is C13H9NO3. The van der Waals surface area contributed by atoms with Crippen LogP contribution in [0.2, 0.25) is 0 Å². The fourth-order valence-corrected chi connectivity index (χ4v) is 1.94. The number of hydrogen-bond acceptors (Lipinski definition) is 3. The molecule has 0 aromatic heterocycles. The highest BCUT2D eigenvalue weighted by Gasteiger charge is 2.25. The topological polar surface area (TPSA) is 54.9 Å². The van der Waals surface area contributed by atoms with Crippen LogP contribution in [0.15, 0.2) is 48.5 Å². The van der Waals surface area contributed by atoms with Crippen LogP contribution in [0.25, 0.3) is 0 Å². The van der Waals surface area contributed by atoms with Crippen molar-refractivity contribution in [2.24, 2.45) is 0 Å². The van der Waals surface area contributed by atoms with Crippen LogP contribution >= 0.6 is 0 Å². The predicted molar refractivity (Wildman–Crippen MR) is 61.6 cm³/mol. The van der Waals surface area contributed by atoms with Crippen LogP contribution < -0.4 is 14.8 Å². The monoisotopic (exact) mass is 227 g/mol. The van der Waals surface area contributed by atoms with Crippen molar-refractivity contribution in [1.29, 1.82) is 0 Å². The lowest BCUT2D eigenvalue weighted by Gasteiger charge is -2.33. The molecule has 1 heterocycles. The second kappa shape index (κ2) is 3.52. The van der Waals surface area contributed by atoms with Crippen molar-refractivity contribution in [3.8, 4) is 11.5 Å². The van der Waals surface area contributed by atoms with Gasteiger partial charge in [-0.3, -0.25) is 0 Å². The zero-order valence-corrected chi connectivity index (χ0v) is 8.84. The summed E-state index contributed by atoms with van der Waals surface area (Å²) in [4.78, 5) is 11.2. The smallest absolute Gasteiger partial charge is 0.504 e. The van der Waals surface area contributed by atoms with Gasteiger partial charge in [0.15, 0.2) is 0 Å². The van der Waals surface area contributed by atoms with Gasteiger partial charge in [-0.15, -0.1) is 0 Å². The predicted octanol–water partition coefficient (Wildman–Crippen LogP) is 2.41. The summed E-state index contributed by atoms with van der Waals surface area (Å²) >= 11 is 0. The molecule has 0 fully saturated rings. The minimum absolute atomic E-state index is 0.506. The van der Waals surface area contributed by atoms with Gasteiger partial charge in [0, 0.05) is 0 Å². The fraction of sp³-hybridized carbons (Fsp3) is 0. The maximum absolute atomic E-state index is 11.2. The van der Waals surface area contributed by atoms with E-state index in [1.165, 1.54) is 0 Å². The molecule has 3 rings (SSSR count). The van der Waals surface area contributed by atoms with E-state index in [4.69, 9.17) is 0 Å². The van der Waals surface area contributed by atoms with Crippen molar-refractivity contribution < 1.29 is 14.3 Å². The summed E-state index contributed by atoms with van der Waals surface area (Å²) < 4.78 is 2.12. The number of nitrogens with one attached hydrogen (secondary N) is 1. The molecule has 84 valence electrons. The summed E-state index contributed by atoms with van der Waals surface area (Å²) in [6, 6.07) is 14.3. The summed E-state index contributed by atoms with van der Waals surface area (Å²) in [5.74, 6) is 1.01. The number of para-hydroxylation sites is 4. The number of carboxylic acid groups (broad SMARTS) is 1. The van der Waals surface area contributed by atoms with Crippen LogP contribution in [-0.4, -0.2) is 6.16 Å². The average molecular weight is 227 g/mol. The molecular weight excluding hydrogens is 218 g/mol. The lowest BCUT2D eigenvalue weighted by Crippen LogP contribution is -2.38. The molecule has 4 heteroatoms. The summed E-state index contributed by atoms with van der Waals surface area (Å²) in [6.07, 6.45) is -1.31. The van der Waals surface area contributed by atoms with E-state index in [2.05, 4.69) is 9.68 Å². The summed E-state index contributed by atoms with van der Waals surface area (Å²) in [5, 5.41) is 14.4. The Morgan fingerprint density at radius 3 is 1.88 bits per heavy atom. The third-order valence-electron chi connectivity index (χ3n) is 2.65. The van der Waals surface area contributed by atoms with Crippen molar-refractivity contribution in [3.63, 3.8) is 0 Å². The normalized spacial score (nSPS) is 12.4. The van der Waals surface area contributed by atoms with Gasteiger partial charge in [-0.1, -0.05) is 24.3 Å². The molecule has 2 aromatic carbocycles. The summed E-state index contributed by atoms with van der Waals surface area (Å²) in [6.45, 7) is 0. The SMILES string of the molecule is O=C([O-])[O+]1c2ccccc2Nc2ccccc21. The maximum atomic E-state index is 11.2. The first-order chi connectivity index (χ1) is 8.27. The highest BCUT2D eigenvalue weighted by molar-refractivity contribution is 5.83. The van der Waals surface area contributed by atoms with E-state index in [1.54, 1.807) is 24.3 Å². The van der Waals surface area contributed by atoms with E-state index in [-0.39, 0.29) is 0 Å². The van der Waals surface area contributed by atoms with Crippen LogP contribution in [0.4, 0.5) is 16.2 Å². The first-order valence-electron chi connectivity index (χ1n) is 5.18. The third kappa shape index (κ3) is 1.42. The Morgan fingerprint density at radius 2 is 1.41 bits per heavy atom. The van der Waals surface area contributed by atoms with Crippen molar-refractivity contribution in [2.75, 3.05) is 5.32 Å². The largest absolute Gasteiger partial charge is 0.526 e. The molecule has 4 nitrogen and oxygen atoms in total.